The summed E-state index contributed by atoms with van der Waals surface area (Å²) in [6.45, 7) is 0. The van der Waals surface area contributed by atoms with Crippen molar-refractivity contribution >= 4 is 43.6 Å². The molecule has 0 atom stereocenters. The molecule has 0 fully saturated rings. The van der Waals surface area contributed by atoms with Gasteiger partial charge in [-0.05, 0) is 48.5 Å². The lowest BCUT2D eigenvalue weighted by Gasteiger charge is -2.06. The molecule has 2 aromatic carbocycles. The first-order chi connectivity index (χ1) is 11.7. The minimum Gasteiger partial charge on any atom is -0.321 e. The van der Waals surface area contributed by atoms with Crippen LogP contribution in [0.5, 0.6) is 0 Å². The Bertz CT molecular complexity index is 996. The Morgan fingerprint density at radius 1 is 1.24 bits per heavy atom. The van der Waals surface area contributed by atoms with Crippen molar-refractivity contribution < 1.29 is 17.6 Å². The zero-order valence-electron chi connectivity index (χ0n) is 12.5. The van der Waals surface area contributed by atoms with Crippen molar-refractivity contribution in [2.45, 2.75) is 4.90 Å². The number of nitrogens with two attached hydrogens (primary N) is 1. The topological polar surface area (TPSA) is 113 Å². The van der Waals surface area contributed by atoms with Gasteiger partial charge in [0, 0.05) is 15.7 Å². The summed E-state index contributed by atoms with van der Waals surface area (Å²) in [5.74, 6) is -1.34. The fourth-order valence-electron chi connectivity index (χ4n) is 1.86. The van der Waals surface area contributed by atoms with Crippen LogP contribution in [0.4, 0.5) is 10.1 Å². The Hall–Kier alpha value is -2.54. The molecular weight excluding hydrogens is 413 g/mol. The highest BCUT2D eigenvalue weighted by molar-refractivity contribution is 9.10. The normalized spacial score (nSPS) is 11.7. The van der Waals surface area contributed by atoms with Gasteiger partial charge in [-0.3, -0.25) is 4.79 Å². The van der Waals surface area contributed by atoms with Crippen LogP contribution in [0.15, 0.2) is 57.4 Å². The quantitative estimate of drug-likeness (QED) is 0.581. The lowest BCUT2D eigenvalue weighted by atomic mass is 10.1. The van der Waals surface area contributed by atoms with E-state index in [9.17, 15) is 17.6 Å². The third kappa shape index (κ3) is 4.96. The molecule has 2 aromatic rings. The molecule has 0 aliphatic heterocycles. The van der Waals surface area contributed by atoms with Crippen LogP contribution in [0.2, 0.25) is 0 Å². The van der Waals surface area contributed by atoms with E-state index < -0.39 is 21.7 Å². The number of nitrogens with one attached hydrogen (secondary N) is 1. The largest absolute Gasteiger partial charge is 0.321 e. The summed E-state index contributed by atoms with van der Waals surface area (Å²) >= 11 is 3.18. The lowest BCUT2D eigenvalue weighted by Crippen LogP contribution is -2.14. The fraction of sp³-hybridized carbons (Fsp3) is 0. The number of benzene rings is 2. The van der Waals surface area contributed by atoms with Crippen molar-refractivity contribution in [2.75, 3.05) is 5.32 Å². The average molecular weight is 424 g/mol. The number of primary sulfonamides is 1. The maximum absolute atomic E-state index is 13.7. The molecule has 0 unspecified atom stereocenters. The summed E-state index contributed by atoms with van der Waals surface area (Å²) in [5.41, 5.74) is 0.0198. The van der Waals surface area contributed by atoms with Crippen molar-refractivity contribution in [2.24, 2.45) is 5.14 Å². The lowest BCUT2D eigenvalue weighted by molar-refractivity contribution is -0.112. The molecule has 0 aliphatic carbocycles. The standard InChI is InChI=1S/C16H11BrFN3O3S/c17-12-1-6-15(18)10(8-12)7-11(9-19)16(22)21-13-2-4-14(5-3-13)25(20,23)24/h1-8H,(H,21,22)(H2,20,23,24)/b11-7+. The second-order valence-electron chi connectivity index (χ2n) is 4.86. The van der Waals surface area contributed by atoms with Gasteiger partial charge in [-0.15, -0.1) is 0 Å². The van der Waals surface area contributed by atoms with Gasteiger partial charge in [0.25, 0.3) is 5.91 Å². The highest BCUT2D eigenvalue weighted by Gasteiger charge is 2.12. The molecule has 0 aliphatic rings. The average Bonchev–Trinajstić information content (AvgIpc) is 2.55. The Morgan fingerprint density at radius 2 is 1.88 bits per heavy atom. The summed E-state index contributed by atoms with van der Waals surface area (Å²) < 4.78 is 36.7. The van der Waals surface area contributed by atoms with Gasteiger partial charge in [-0.25, -0.2) is 17.9 Å². The number of nitriles is 1. The third-order valence-electron chi connectivity index (χ3n) is 3.06. The van der Waals surface area contributed by atoms with Crippen LogP contribution < -0.4 is 10.5 Å². The molecule has 1 amide bonds. The molecule has 9 heteroatoms. The smallest absolute Gasteiger partial charge is 0.266 e. The van der Waals surface area contributed by atoms with Crippen LogP contribution in [0.1, 0.15) is 5.56 Å². The zero-order chi connectivity index (χ0) is 18.6. The van der Waals surface area contributed by atoms with E-state index in [1.165, 1.54) is 42.5 Å². The minimum absolute atomic E-state index is 0.0747. The molecule has 0 saturated heterocycles. The monoisotopic (exact) mass is 423 g/mol. The minimum atomic E-state index is -3.84. The van der Waals surface area contributed by atoms with Crippen LogP contribution in [0.25, 0.3) is 6.08 Å². The highest BCUT2D eigenvalue weighted by atomic mass is 79.9. The second kappa shape index (κ2) is 7.57. The summed E-state index contributed by atoms with van der Waals surface area (Å²) in [6, 6.07) is 10.9. The SMILES string of the molecule is N#C/C(=C\c1cc(Br)ccc1F)C(=O)Nc1ccc(S(N)(=O)=O)cc1. The van der Waals surface area contributed by atoms with E-state index in [0.29, 0.717) is 4.47 Å². The molecule has 2 rings (SSSR count). The number of halogens is 2. The van der Waals surface area contributed by atoms with Gasteiger partial charge in [-0.2, -0.15) is 5.26 Å². The molecule has 0 spiro atoms. The molecule has 0 heterocycles. The van der Waals surface area contributed by atoms with Crippen LogP contribution in [-0.4, -0.2) is 14.3 Å². The summed E-state index contributed by atoms with van der Waals surface area (Å²) in [5, 5.41) is 16.5. The molecule has 3 N–H and O–H groups in total. The molecule has 25 heavy (non-hydrogen) atoms. The fourth-order valence-corrected chi connectivity index (χ4v) is 2.75. The van der Waals surface area contributed by atoms with E-state index in [4.69, 9.17) is 10.4 Å². The van der Waals surface area contributed by atoms with Gasteiger partial charge < -0.3 is 5.32 Å². The Labute approximate surface area is 151 Å². The van der Waals surface area contributed by atoms with E-state index >= 15 is 0 Å². The number of nitrogens with zero attached hydrogens (tertiary/aromatic N) is 1. The first-order valence-corrected chi connectivity index (χ1v) is 9.05. The molecular formula is C16H11BrFN3O3S. The van der Waals surface area contributed by atoms with E-state index in [-0.39, 0.29) is 21.7 Å². The number of carbonyl (C=O) groups is 1. The zero-order valence-corrected chi connectivity index (χ0v) is 14.9. The maximum atomic E-state index is 13.7. The van der Waals surface area contributed by atoms with Crippen molar-refractivity contribution in [3.63, 3.8) is 0 Å². The van der Waals surface area contributed by atoms with E-state index in [1.807, 2.05) is 0 Å². The van der Waals surface area contributed by atoms with Crippen molar-refractivity contribution in [3.8, 4) is 6.07 Å². The summed E-state index contributed by atoms with van der Waals surface area (Å²) in [4.78, 5) is 12.0. The first-order valence-electron chi connectivity index (χ1n) is 6.72. The molecule has 6 nitrogen and oxygen atoms in total. The number of amides is 1. The highest BCUT2D eigenvalue weighted by Crippen LogP contribution is 2.19. The predicted octanol–water partition coefficient (Wildman–Crippen LogP) is 2.78. The molecule has 0 radical (unpaired) electrons. The van der Waals surface area contributed by atoms with Crippen molar-refractivity contribution in [3.05, 3.63) is 63.9 Å². The molecule has 0 saturated carbocycles. The maximum Gasteiger partial charge on any atom is 0.266 e. The number of rotatable bonds is 4. The van der Waals surface area contributed by atoms with Crippen molar-refractivity contribution in [1.29, 1.82) is 5.26 Å². The third-order valence-corrected chi connectivity index (χ3v) is 4.49. The van der Waals surface area contributed by atoms with Crippen LogP contribution in [0.3, 0.4) is 0 Å². The van der Waals surface area contributed by atoms with Crippen LogP contribution >= 0.6 is 15.9 Å². The molecule has 0 bridgehead atoms. The van der Waals surface area contributed by atoms with Gasteiger partial charge in [-0.1, -0.05) is 15.9 Å². The summed E-state index contributed by atoms with van der Waals surface area (Å²) in [7, 11) is -3.84. The Kier molecular flexibility index (Phi) is 5.69. The Balaban J connectivity index is 2.25. The van der Waals surface area contributed by atoms with E-state index in [1.54, 1.807) is 6.07 Å². The van der Waals surface area contributed by atoms with Crippen LogP contribution in [0, 0.1) is 17.1 Å². The number of sulfonamides is 1. The van der Waals surface area contributed by atoms with Gasteiger partial charge in [0.2, 0.25) is 10.0 Å². The van der Waals surface area contributed by atoms with Gasteiger partial charge in [0.15, 0.2) is 0 Å². The van der Waals surface area contributed by atoms with E-state index in [2.05, 4.69) is 21.2 Å². The van der Waals surface area contributed by atoms with Gasteiger partial charge >= 0.3 is 0 Å². The predicted molar refractivity (Wildman–Crippen MR) is 94.1 cm³/mol. The number of hydrogen-bond acceptors (Lipinski definition) is 4. The van der Waals surface area contributed by atoms with Crippen LogP contribution in [-0.2, 0) is 14.8 Å². The summed E-state index contributed by atoms with van der Waals surface area (Å²) in [6.07, 6.45) is 1.12. The number of carbonyl (C=O) groups excluding carboxylic acids is 1. The molecule has 0 aromatic heterocycles. The van der Waals surface area contributed by atoms with Gasteiger partial charge in [0.05, 0.1) is 4.90 Å². The molecule has 128 valence electrons. The van der Waals surface area contributed by atoms with Crippen molar-refractivity contribution in [1.82, 2.24) is 0 Å². The Morgan fingerprint density at radius 3 is 2.44 bits per heavy atom. The number of hydrogen-bond donors (Lipinski definition) is 2. The van der Waals surface area contributed by atoms with E-state index in [0.717, 1.165) is 6.08 Å². The first kappa shape index (κ1) is 18.8. The number of anilines is 1. The van der Waals surface area contributed by atoms with Gasteiger partial charge in [0.1, 0.15) is 17.5 Å². The second-order valence-corrected chi connectivity index (χ2v) is 7.34.